The molecule has 1 aromatic rings. The molecular formula is C15H23ClN2O2. The largest absolute Gasteiger partial charge is 0.482 e. The van der Waals surface area contributed by atoms with Crippen molar-refractivity contribution in [3.05, 3.63) is 28.8 Å². The second-order valence-electron chi connectivity index (χ2n) is 5.15. The average Bonchev–Trinajstić information content (AvgIpc) is 2.36. The van der Waals surface area contributed by atoms with Crippen molar-refractivity contribution in [2.45, 2.75) is 45.7 Å². The van der Waals surface area contributed by atoms with Crippen LogP contribution in [0, 0.1) is 0 Å². The summed E-state index contributed by atoms with van der Waals surface area (Å²) in [6.07, 6.45) is 1.70. The Kier molecular flexibility index (Phi) is 6.82. The molecule has 1 amide bonds. The zero-order chi connectivity index (χ0) is 15.1. The Morgan fingerprint density at radius 2 is 2.15 bits per heavy atom. The van der Waals surface area contributed by atoms with E-state index in [2.05, 4.69) is 12.2 Å². The van der Waals surface area contributed by atoms with Crippen molar-refractivity contribution in [3.8, 4) is 5.75 Å². The predicted octanol–water partition coefficient (Wildman–Crippen LogP) is 2.52. The van der Waals surface area contributed by atoms with Gasteiger partial charge in [0.1, 0.15) is 5.75 Å². The zero-order valence-electron chi connectivity index (χ0n) is 12.3. The van der Waals surface area contributed by atoms with E-state index in [-0.39, 0.29) is 24.6 Å². The molecule has 5 heteroatoms. The minimum atomic E-state index is -0.159. The van der Waals surface area contributed by atoms with Gasteiger partial charge in [-0.1, -0.05) is 24.6 Å². The molecule has 20 heavy (non-hydrogen) atoms. The minimum absolute atomic E-state index is 0.0360. The molecule has 0 fully saturated rings. The van der Waals surface area contributed by atoms with Crippen LogP contribution >= 0.6 is 11.6 Å². The summed E-state index contributed by atoms with van der Waals surface area (Å²) in [7, 11) is 0. The van der Waals surface area contributed by atoms with E-state index in [0.717, 1.165) is 18.4 Å². The molecule has 0 heterocycles. The highest BCUT2D eigenvalue weighted by molar-refractivity contribution is 6.32. The lowest BCUT2D eigenvalue weighted by molar-refractivity contribution is -0.123. The van der Waals surface area contributed by atoms with Crippen LogP contribution in [0.4, 0.5) is 0 Å². The van der Waals surface area contributed by atoms with Gasteiger partial charge in [0.2, 0.25) is 0 Å². The molecule has 1 rings (SSSR count). The van der Waals surface area contributed by atoms with Crippen molar-refractivity contribution in [1.82, 2.24) is 5.32 Å². The maximum atomic E-state index is 11.5. The summed E-state index contributed by atoms with van der Waals surface area (Å²) in [6, 6.07) is 5.78. The Balaban J connectivity index is 2.57. The van der Waals surface area contributed by atoms with Crippen LogP contribution in [0.3, 0.4) is 0 Å². The van der Waals surface area contributed by atoms with E-state index in [1.54, 1.807) is 6.07 Å². The molecule has 1 aromatic carbocycles. The number of benzene rings is 1. The first-order valence-corrected chi connectivity index (χ1v) is 7.26. The van der Waals surface area contributed by atoms with Crippen molar-refractivity contribution in [3.63, 3.8) is 0 Å². The van der Waals surface area contributed by atoms with Crippen LogP contribution in [0.15, 0.2) is 18.2 Å². The van der Waals surface area contributed by atoms with Gasteiger partial charge in [-0.15, -0.1) is 0 Å². The number of amides is 1. The Labute approximate surface area is 125 Å². The molecule has 0 spiro atoms. The highest BCUT2D eigenvalue weighted by Gasteiger charge is 2.09. The van der Waals surface area contributed by atoms with Crippen LogP contribution in [0.2, 0.25) is 5.02 Å². The molecule has 1 unspecified atom stereocenters. The standard InChI is InChI=1S/C15H23ClN2O2/c1-4-12(17)7-11-5-6-14(13(16)8-11)20-9-15(19)18-10(2)3/h5-6,8,10,12H,4,7,9,17H2,1-3H3,(H,18,19). The molecule has 4 nitrogen and oxygen atoms in total. The number of hydrogen-bond acceptors (Lipinski definition) is 3. The summed E-state index contributed by atoms with van der Waals surface area (Å²) in [5.41, 5.74) is 6.98. The van der Waals surface area contributed by atoms with E-state index in [9.17, 15) is 4.79 Å². The van der Waals surface area contributed by atoms with Gasteiger partial charge in [-0.2, -0.15) is 0 Å². The first-order chi connectivity index (χ1) is 9.42. The Hall–Kier alpha value is -1.26. The number of ether oxygens (including phenoxy) is 1. The first-order valence-electron chi connectivity index (χ1n) is 6.88. The quantitative estimate of drug-likeness (QED) is 0.813. The van der Waals surface area contributed by atoms with E-state index >= 15 is 0 Å². The number of nitrogens with one attached hydrogen (secondary N) is 1. The van der Waals surface area contributed by atoms with Crippen molar-refractivity contribution in [1.29, 1.82) is 0 Å². The molecule has 0 aliphatic heterocycles. The number of rotatable bonds is 7. The fourth-order valence-electron chi connectivity index (χ4n) is 1.74. The second-order valence-corrected chi connectivity index (χ2v) is 5.56. The third-order valence-electron chi connectivity index (χ3n) is 2.83. The molecule has 0 aromatic heterocycles. The van der Waals surface area contributed by atoms with Crippen LogP contribution in [0.1, 0.15) is 32.8 Å². The Morgan fingerprint density at radius 3 is 2.70 bits per heavy atom. The van der Waals surface area contributed by atoms with Crippen molar-refractivity contribution < 1.29 is 9.53 Å². The maximum Gasteiger partial charge on any atom is 0.258 e. The smallest absolute Gasteiger partial charge is 0.258 e. The summed E-state index contributed by atoms with van der Waals surface area (Å²) in [5, 5.41) is 3.26. The third kappa shape index (κ3) is 5.80. The summed E-state index contributed by atoms with van der Waals surface area (Å²) >= 11 is 6.15. The second kappa shape index (κ2) is 8.12. The molecule has 0 aliphatic carbocycles. The van der Waals surface area contributed by atoms with Gasteiger partial charge in [0.15, 0.2) is 6.61 Å². The Bertz CT molecular complexity index is 449. The topological polar surface area (TPSA) is 64.3 Å². The van der Waals surface area contributed by atoms with Crippen LogP contribution < -0.4 is 15.8 Å². The zero-order valence-corrected chi connectivity index (χ0v) is 13.0. The fraction of sp³-hybridized carbons (Fsp3) is 0.533. The SMILES string of the molecule is CCC(N)Cc1ccc(OCC(=O)NC(C)C)c(Cl)c1. The highest BCUT2D eigenvalue weighted by atomic mass is 35.5. The van der Waals surface area contributed by atoms with Crippen LogP contribution in [0.25, 0.3) is 0 Å². The van der Waals surface area contributed by atoms with E-state index in [0.29, 0.717) is 10.8 Å². The summed E-state index contributed by atoms with van der Waals surface area (Å²) in [6.45, 7) is 5.82. The lowest BCUT2D eigenvalue weighted by atomic mass is 10.0. The molecular weight excluding hydrogens is 276 g/mol. The number of carbonyl (C=O) groups is 1. The number of halogens is 1. The van der Waals surface area contributed by atoms with E-state index < -0.39 is 0 Å². The van der Waals surface area contributed by atoms with Gasteiger partial charge in [0, 0.05) is 12.1 Å². The summed E-state index contributed by atoms with van der Waals surface area (Å²) in [4.78, 5) is 11.5. The van der Waals surface area contributed by atoms with Crippen molar-refractivity contribution in [2.75, 3.05) is 6.61 Å². The lowest BCUT2D eigenvalue weighted by Crippen LogP contribution is -2.34. The monoisotopic (exact) mass is 298 g/mol. The van der Waals surface area contributed by atoms with Crippen LogP contribution in [0.5, 0.6) is 5.75 Å². The molecule has 0 aliphatic rings. The predicted molar refractivity (Wildman–Crippen MR) is 82.2 cm³/mol. The van der Waals surface area contributed by atoms with Gasteiger partial charge >= 0.3 is 0 Å². The normalized spacial score (nSPS) is 12.3. The minimum Gasteiger partial charge on any atom is -0.482 e. The van der Waals surface area contributed by atoms with E-state index in [1.807, 2.05) is 26.0 Å². The fourth-order valence-corrected chi connectivity index (χ4v) is 2.00. The van der Waals surface area contributed by atoms with Crippen LogP contribution in [-0.2, 0) is 11.2 Å². The van der Waals surface area contributed by atoms with Gasteiger partial charge in [0.25, 0.3) is 5.91 Å². The molecule has 1 atom stereocenters. The van der Waals surface area contributed by atoms with Crippen LogP contribution in [-0.4, -0.2) is 24.6 Å². The molecule has 0 saturated heterocycles. The average molecular weight is 299 g/mol. The number of hydrogen-bond donors (Lipinski definition) is 2. The lowest BCUT2D eigenvalue weighted by Gasteiger charge is -2.13. The molecule has 0 saturated carbocycles. The molecule has 0 radical (unpaired) electrons. The van der Waals surface area contributed by atoms with Crippen molar-refractivity contribution >= 4 is 17.5 Å². The Morgan fingerprint density at radius 1 is 1.45 bits per heavy atom. The van der Waals surface area contributed by atoms with Gasteiger partial charge < -0.3 is 15.8 Å². The van der Waals surface area contributed by atoms with E-state index in [4.69, 9.17) is 22.1 Å². The number of nitrogens with two attached hydrogens (primary N) is 1. The first kappa shape index (κ1) is 16.8. The third-order valence-corrected chi connectivity index (χ3v) is 3.12. The molecule has 112 valence electrons. The highest BCUT2D eigenvalue weighted by Crippen LogP contribution is 2.26. The van der Waals surface area contributed by atoms with Gasteiger partial charge in [-0.25, -0.2) is 0 Å². The van der Waals surface area contributed by atoms with E-state index in [1.165, 1.54) is 0 Å². The van der Waals surface area contributed by atoms with Gasteiger partial charge in [-0.3, -0.25) is 4.79 Å². The van der Waals surface area contributed by atoms with Crippen molar-refractivity contribution in [2.24, 2.45) is 5.73 Å². The number of carbonyl (C=O) groups excluding carboxylic acids is 1. The molecule has 0 bridgehead atoms. The maximum absolute atomic E-state index is 11.5. The van der Waals surface area contributed by atoms with Gasteiger partial charge in [-0.05, 0) is 44.4 Å². The van der Waals surface area contributed by atoms with Gasteiger partial charge in [0.05, 0.1) is 5.02 Å². The summed E-state index contributed by atoms with van der Waals surface area (Å²) in [5.74, 6) is 0.354. The molecule has 3 N–H and O–H groups in total. The summed E-state index contributed by atoms with van der Waals surface area (Å²) < 4.78 is 5.41.